The van der Waals surface area contributed by atoms with Crippen LogP contribution in [0.4, 0.5) is 0 Å². The van der Waals surface area contributed by atoms with Crippen LogP contribution in [0.3, 0.4) is 0 Å². The molecular weight excluding hydrogens is 228 g/mol. The Kier molecular flexibility index (Phi) is 4.02. The molecule has 0 fully saturated rings. The number of nitrogens with zero attached hydrogens (tertiary/aromatic N) is 2. The Morgan fingerprint density at radius 2 is 1.89 bits per heavy atom. The molecule has 0 radical (unpaired) electrons. The lowest BCUT2D eigenvalue weighted by Crippen LogP contribution is -2.07. The average Bonchev–Trinajstić information content (AvgIpc) is 2.41. The van der Waals surface area contributed by atoms with Gasteiger partial charge in [0.1, 0.15) is 0 Å². The van der Waals surface area contributed by atoms with Crippen LogP contribution in [-0.4, -0.2) is 22.8 Å². The highest BCUT2D eigenvalue weighted by Gasteiger charge is 2.04. The summed E-state index contributed by atoms with van der Waals surface area (Å²) in [5.41, 5.74) is 3.00. The Morgan fingerprint density at radius 1 is 1.11 bits per heavy atom. The molecule has 2 rings (SSSR count). The summed E-state index contributed by atoms with van der Waals surface area (Å²) in [7, 11) is 0. The number of carbonyl (C=O) groups excluding carboxylic acids is 1. The molecule has 0 amide bonds. The number of hydrogen-bond donors (Lipinski definition) is 0. The average molecular weight is 242 g/mol. The highest BCUT2D eigenvalue weighted by molar-refractivity contribution is 5.73. The van der Waals surface area contributed by atoms with Gasteiger partial charge in [-0.3, -0.25) is 4.79 Å². The van der Waals surface area contributed by atoms with Gasteiger partial charge in [-0.1, -0.05) is 24.3 Å². The predicted molar refractivity (Wildman–Crippen MR) is 67.8 cm³/mol. The van der Waals surface area contributed by atoms with Crippen LogP contribution in [0.25, 0.3) is 11.1 Å². The molecule has 0 unspecified atom stereocenters. The summed E-state index contributed by atoms with van der Waals surface area (Å²) in [6.07, 6.45) is 3.67. The van der Waals surface area contributed by atoms with E-state index in [4.69, 9.17) is 4.74 Å². The number of aromatic nitrogens is 2. The quantitative estimate of drug-likeness (QED) is 0.772. The molecule has 0 aliphatic heterocycles. The van der Waals surface area contributed by atoms with Gasteiger partial charge < -0.3 is 4.74 Å². The maximum Gasteiger partial charge on any atom is 0.310 e. The summed E-state index contributed by atoms with van der Waals surface area (Å²) < 4.78 is 4.90. The second-order valence-electron chi connectivity index (χ2n) is 3.81. The van der Waals surface area contributed by atoms with Crippen molar-refractivity contribution in [1.29, 1.82) is 0 Å². The minimum absolute atomic E-state index is 0.198. The van der Waals surface area contributed by atoms with E-state index >= 15 is 0 Å². The van der Waals surface area contributed by atoms with E-state index in [1.165, 1.54) is 0 Å². The van der Waals surface area contributed by atoms with Crippen LogP contribution in [0.2, 0.25) is 0 Å². The van der Waals surface area contributed by atoms with Crippen molar-refractivity contribution in [1.82, 2.24) is 10.2 Å². The van der Waals surface area contributed by atoms with Crippen molar-refractivity contribution in [2.45, 2.75) is 13.3 Å². The molecule has 1 aromatic carbocycles. The monoisotopic (exact) mass is 242 g/mol. The van der Waals surface area contributed by atoms with E-state index in [2.05, 4.69) is 10.2 Å². The SMILES string of the molecule is CCOC(=O)Cc1ccc(-c2ccnnc2)cc1. The molecule has 0 atom stereocenters. The van der Waals surface area contributed by atoms with E-state index in [-0.39, 0.29) is 5.97 Å². The second kappa shape index (κ2) is 5.91. The van der Waals surface area contributed by atoms with Gasteiger partial charge in [-0.2, -0.15) is 10.2 Å². The Hall–Kier alpha value is -2.23. The molecule has 92 valence electrons. The first-order valence-corrected chi connectivity index (χ1v) is 5.81. The zero-order chi connectivity index (χ0) is 12.8. The summed E-state index contributed by atoms with van der Waals surface area (Å²) in [4.78, 5) is 11.3. The lowest BCUT2D eigenvalue weighted by atomic mass is 10.0. The second-order valence-corrected chi connectivity index (χ2v) is 3.81. The van der Waals surface area contributed by atoms with Crippen molar-refractivity contribution < 1.29 is 9.53 Å². The van der Waals surface area contributed by atoms with Gasteiger partial charge in [0, 0.05) is 5.56 Å². The summed E-state index contributed by atoms with van der Waals surface area (Å²) in [6.45, 7) is 2.22. The van der Waals surface area contributed by atoms with E-state index in [0.29, 0.717) is 13.0 Å². The Balaban J connectivity index is 2.09. The van der Waals surface area contributed by atoms with Crippen LogP contribution in [0.5, 0.6) is 0 Å². The fourth-order valence-electron chi connectivity index (χ4n) is 1.66. The van der Waals surface area contributed by atoms with Gasteiger partial charge in [0.05, 0.1) is 25.4 Å². The zero-order valence-electron chi connectivity index (χ0n) is 10.2. The van der Waals surface area contributed by atoms with Gasteiger partial charge in [-0.15, -0.1) is 0 Å². The Morgan fingerprint density at radius 3 is 2.50 bits per heavy atom. The number of ether oxygens (including phenoxy) is 1. The molecule has 0 spiro atoms. The molecule has 18 heavy (non-hydrogen) atoms. The van der Waals surface area contributed by atoms with Crippen LogP contribution in [0.15, 0.2) is 42.7 Å². The van der Waals surface area contributed by atoms with Gasteiger partial charge in [0.15, 0.2) is 0 Å². The van der Waals surface area contributed by atoms with Gasteiger partial charge >= 0.3 is 5.97 Å². The predicted octanol–water partition coefficient (Wildman–Crippen LogP) is 2.25. The van der Waals surface area contributed by atoms with Crippen LogP contribution in [0, 0.1) is 0 Å². The minimum atomic E-state index is -0.198. The van der Waals surface area contributed by atoms with Crippen molar-refractivity contribution in [2.75, 3.05) is 6.61 Å². The molecule has 1 heterocycles. The topological polar surface area (TPSA) is 52.1 Å². The number of hydrogen-bond acceptors (Lipinski definition) is 4. The van der Waals surface area contributed by atoms with Crippen molar-refractivity contribution in [3.05, 3.63) is 48.3 Å². The molecule has 0 aliphatic rings. The number of benzene rings is 1. The molecule has 0 bridgehead atoms. The summed E-state index contributed by atoms with van der Waals surface area (Å²) >= 11 is 0. The third-order valence-electron chi connectivity index (χ3n) is 2.53. The first-order chi connectivity index (χ1) is 8.79. The van der Waals surface area contributed by atoms with Crippen LogP contribution < -0.4 is 0 Å². The maximum atomic E-state index is 11.3. The zero-order valence-corrected chi connectivity index (χ0v) is 10.2. The fourth-order valence-corrected chi connectivity index (χ4v) is 1.66. The molecule has 0 N–H and O–H groups in total. The van der Waals surface area contributed by atoms with Crippen LogP contribution in [-0.2, 0) is 16.0 Å². The van der Waals surface area contributed by atoms with E-state index in [1.807, 2.05) is 30.3 Å². The maximum absolute atomic E-state index is 11.3. The molecule has 0 saturated heterocycles. The minimum Gasteiger partial charge on any atom is -0.466 e. The third kappa shape index (κ3) is 3.13. The van der Waals surface area contributed by atoms with Gasteiger partial charge in [0.25, 0.3) is 0 Å². The number of rotatable bonds is 4. The number of esters is 1. The molecule has 4 nitrogen and oxygen atoms in total. The van der Waals surface area contributed by atoms with Crippen molar-refractivity contribution in [3.8, 4) is 11.1 Å². The van der Waals surface area contributed by atoms with Gasteiger partial charge in [0.2, 0.25) is 0 Å². The lowest BCUT2D eigenvalue weighted by Gasteiger charge is -2.04. The molecular formula is C14H14N2O2. The van der Waals surface area contributed by atoms with Gasteiger partial charge in [-0.25, -0.2) is 0 Å². The Labute approximate surface area is 106 Å². The largest absolute Gasteiger partial charge is 0.466 e. The molecule has 2 aromatic rings. The van der Waals surface area contributed by atoms with Crippen molar-refractivity contribution in [3.63, 3.8) is 0 Å². The van der Waals surface area contributed by atoms with Crippen molar-refractivity contribution in [2.24, 2.45) is 0 Å². The van der Waals surface area contributed by atoms with E-state index in [0.717, 1.165) is 16.7 Å². The fraction of sp³-hybridized carbons (Fsp3) is 0.214. The first-order valence-electron chi connectivity index (χ1n) is 5.81. The van der Waals surface area contributed by atoms with Crippen molar-refractivity contribution >= 4 is 5.97 Å². The molecule has 4 heteroatoms. The Bertz CT molecular complexity index is 509. The molecule has 0 saturated carbocycles. The van der Waals surface area contributed by atoms with E-state index in [9.17, 15) is 4.79 Å². The summed E-state index contributed by atoms with van der Waals surface area (Å²) in [5.74, 6) is -0.198. The highest BCUT2D eigenvalue weighted by atomic mass is 16.5. The van der Waals surface area contributed by atoms with E-state index in [1.54, 1.807) is 19.3 Å². The van der Waals surface area contributed by atoms with Gasteiger partial charge in [-0.05, 0) is 24.1 Å². The third-order valence-corrected chi connectivity index (χ3v) is 2.53. The summed E-state index contributed by atoms with van der Waals surface area (Å²) in [6, 6.07) is 9.67. The van der Waals surface area contributed by atoms with Crippen LogP contribution in [0.1, 0.15) is 12.5 Å². The summed E-state index contributed by atoms with van der Waals surface area (Å²) in [5, 5.41) is 7.57. The lowest BCUT2D eigenvalue weighted by molar-refractivity contribution is -0.142. The molecule has 0 aliphatic carbocycles. The normalized spacial score (nSPS) is 10.1. The highest BCUT2D eigenvalue weighted by Crippen LogP contribution is 2.18. The number of carbonyl (C=O) groups is 1. The first kappa shape index (κ1) is 12.2. The van der Waals surface area contributed by atoms with Crippen LogP contribution >= 0.6 is 0 Å². The molecule has 1 aromatic heterocycles. The standard InChI is InChI=1S/C14H14N2O2/c1-2-18-14(17)9-11-3-5-12(6-4-11)13-7-8-15-16-10-13/h3-8,10H,2,9H2,1H3. The van der Waals surface area contributed by atoms with E-state index < -0.39 is 0 Å². The smallest absolute Gasteiger partial charge is 0.310 e.